The molecule has 0 aromatic heterocycles. The van der Waals surface area contributed by atoms with E-state index in [-0.39, 0.29) is 37.2 Å². The number of para-hydroxylation sites is 3. The van der Waals surface area contributed by atoms with E-state index in [0.29, 0.717) is 37.7 Å². The quantitative estimate of drug-likeness (QED) is 0.789. The molecule has 0 atom stereocenters. The SMILES string of the molecule is O=C(CCOc1ccccc1O)N1CCN(C(=O)COc2ccccc2)CC1. The van der Waals surface area contributed by atoms with Crippen LogP contribution in [0.1, 0.15) is 6.42 Å². The van der Waals surface area contributed by atoms with E-state index in [4.69, 9.17) is 9.47 Å². The summed E-state index contributed by atoms with van der Waals surface area (Å²) in [6.45, 7) is 2.15. The highest BCUT2D eigenvalue weighted by atomic mass is 16.5. The summed E-state index contributed by atoms with van der Waals surface area (Å²) < 4.78 is 10.9. The number of nitrogens with zero attached hydrogens (tertiary/aromatic N) is 2. The molecule has 1 saturated heterocycles. The number of benzene rings is 2. The molecule has 0 spiro atoms. The highest BCUT2D eigenvalue weighted by Gasteiger charge is 2.24. The van der Waals surface area contributed by atoms with Crippen molar-refractivity contribution in [3.63, 3.8) is 0 Å². The average Bonchev–Trinajstić information content (AvgIpc) is 2.74. The molecule has 148 valence electrons. The van der Waals surface area contributed by atoms with Gasteiger partial charge < -0.3 is 24.4 Å². The summed E-state index contributed by atoms with van der Waals surface area (Å²) in [6.07, 6.45) is 0.222. The van der Waals surface area contributed by atoms with Crippen molar-refractivity contribution in [2.45, 2.75) is 6.42 Å². The minimum atomic E-state index is -0.0844. The first kappa shape index (κ1) is 19.5. The molecular formula is C21H24N2O5. The lowest BCUT2D eigenvalue weighted by Gasteiger charge is -2.34. The van der Waals surface area contributed by atoms with Crippen LogP contribution in [0.3, 0.4) is 0 Å². The van der Waals surface area contributed by atoms with Crippen LogP contribution in [0.5, 0.6) is 17.2 Å². The maximum Gasteiger partial charge on any atom is 0.260 e. The molecule has 7 heteroatoms. The van der Waals surface area contributed by atoms with Gasteiger partial charge in [0.05, 0.1) is 13.0 Å². The molecule has 3 rings (SSSR count). The second kappa shape index (κ2) is 9.64. The summed E-state index contributed by atoms with van der Waals surface area (Å²) in [6, 6.07) is 15.9. The number of carbonyl (C=O) groups is 2. The molecule has 1 N–H and O–H groups in total. The Balaban J connectivity index is 1.36. The molecule has 1 aliphatic heterocycles. The highest BCUT2D eigenvalue weighted by molar-refractivity contribution is 5.79. The normalized spacial score (nSPS) is 13.9. The number of hydrogen-bond acceptors (Lipinski definition) is 5. The molecule has 2 amide bonds. The van der Waals surface area contributed by atoms with Gasteiger partial charge in [-0.3, -0.25) is 9.59 Å². The molecule has 2 aromatic rings. The molecule has 2 aromatic carbocycles. The molecule has 0 bridgehead atoms. The van der Waals surface area contributed by atoms with Crippen molar-refractivity contribution in [3.8, 4) is 17.2 Å². The van der Waals surface area contributed by atoms with Crippen LogP contribution in [0, 0.1) is 0 Å². The average molecular weight is 384 g/mol. The van der Waals surface area contributed by atoms with Crippen LogP contribution in [0.25, 0.3) is 0 Å². The summed E-state index contributed by atoms with van der Waals surface area (Å²) in [5.74, 6) is 0.972. The zero-order valence-corrected chi connectivity index (χ0v) is 15.6. The van der Waals surface area contributed by atoms with Crippen molar-refractivity contribution >= 4 is 11.8 Å². The third-order valence-electron chi connectivity index (χ3n) is 4.53. The number of piperazine rings is 1. The summed E-state index contributed by atoms with van der Waals surface area (Å²) in [7, 11) is 0. The van der Waals surface area contributed by atoms with Crippen molar-refractivity contribution < 1.29 is 24.2 Å². The van der Waals surface area contributed by atoms with Gasteiger partial charge in [-0.15, -0.1) is 0 Å². The number of hydrogen-bond donors (Lipinski definition) is 1. The van der Waals surface area contributed by atoms with E-state index in [0.717, 1.165) is 0 Å². The summed E-state index contributed by atoms with van der Waals surface area (Å²) in [5, 5.41) is 9.65. The first-order valence-electron chi connectivity index (χ1n) is 9.27. The van der Waals surface area contributed by atoms with E-state index in [1.807, 2.05) is 18.2 Å². The van der Waals surface area contributed by atoms with E-state index in [1.165, 1.54) is 6.07 Å². The second-order valence-corrected chi connectivity index (χ2v) is 6.43. The predicted molar refractivity (Wildman–Crippen MR) is 103 cm³/mol. The molecule has 1 fully saturated rings. The molecule has 7 nitrogen and oxygen atoms in total. The Hall–Kier alpha value is -3.22. The van der Waals surface area contributed by atoms with Crippen molar-refractivity contribution in [2.75, 3.05) is 39.4 Å². The van der Waals surface area contributed by atoms with Gasteiger partial charge >= 0.3 is 0 Å². The minimum absolute atomic E-state index is 0.00757. The van der Waals surface area contributed by atoms with Gasteiger partial charge in [0.25, 0.3) is 5.91 Å². The predicted octanol–water partition coefficient (Wildman–Crippen LogP) is 1.91. The van der Waals surface area contributed by atoms with Crippen LogP contribution in [0.4, 0.5) is 0 Å². The fourth-order valence-corrected chi connectivity index (χ4v) is 2.94. The maximum atomic E-state index is 12.3. The number of carbonyl (C=O) groups excluding carboxylic acids is 2. The summed E-state index contributed by atoms with van der Waals surface area (Å²) >= 11 is 0. The lowest BCUT2D eigenvalue weighted by atomic mass is 10.2. The Bertz CT molecular complexity index is 788. The minimum Gasteiger partial charge on any atom is -0.504 e. The van der Waals surface area contributed by atoms with Crippen LogP contribution in [-0.2, 0) is 9.59 Å². The molecule has 0 aliphatic carbocycles. The number of phenolic OH excluding ortho intramolecular Hbond substituents is 1. The summed E-state index contributed by atoms with van der Waals surface area (Å²) in [5.41, 5.74) is 0. The van der Waals surface area contributed by atoms with Gasteiger partial charge in [-0.25, -0.2) is 0 Å². The summed E-state index contributed by atoms with van der Waals surface area (Å²) in [4.78, 5) is 28.0. The molecule has 0 radical (unpaired) electrons. The van der Waals surface area contributed by atoms with Gasteiger partial charge in [-0.2, -0.15) is 0 Å². The zero-order valence-electron chi connectivity index (χ0n) is 15.6. The van der Waals surface area contributed by atoms with Crippen molar-refractivity contribution in [1.29, 1.82) is 0 Å². The van der Waals surface area contributed by atoms with Gasteiger partial charge in [0.15, 0.2) is 18.1 Å². The number of ether oxygens (including phenoxy) is 2. The molecule has 1 heterocycles. The van der Waals surface area contributed by atoms with E-state index in [2.05, 4.69) is 0 Å². The van der Waals surface area contributed by atoms with Gasteiger partial charge in [0, 0.05) is 26.2 Å². The van der Waals surface area contributed by atoms with Crippen LogP contribution < -0.4 is 9.47 Å². The first-order valence-corrected chi connectivity index (χ1v) is 9.27. The number of rotatable bonds is 7. The van der Waals surface area contributed by atoms with Crippen molar-refractivity contribution in [3.05, 3.63) is 54.6 Å². The number of aromatic hydroxyl groups is 1. The molecular weight excluding hydrogens is 360 g/mol. The standard InChI is InChI=1S/C21H24N2O5/c24-18-8-4-5-9-19(18)27-15-10-20(25)22-11-13-23(14-12-22)21(26)16-28-17-6-2-1-3-7-17/h1-9,24H,10-16H2. The van der Waals surface area contributed by atoms with E-state index in [1.54, 1.807) is 40.1 Å². The Morgan fingerprint density at radius 2 is 1.43 bits per heavy atom. The lowest BCUT2D eigenvalue weighted by molar-refractivity contribution is -0.141. The Labute approximate surface area is 164 Å². The number of amides is 2. The van der Waals surface area contributed by atoms with Crippen molar-refractivity contribution in [1.82, 2.24) is 9.80 Å². The fraction of sp³-hybridized carbons (Fsp3) is 0.333. The van der Waals surface area contributed by atoms with Crippen LogP contribution in [0.2, 0.25) is 0 Å². The van der Waals surface area contributed by atoms with Crippen LogP contribution in [0.15, 0.2) is 54.6 Å². The van der Waals surface area contributed by atoms with Gasteiger partial charge in [0.2, 0.25) is 5.91 Å². The molecule has 0 unspecified atom stereocenters. The Morgan fingerprint density at radius 1 is 0.821 bits per heavy atom. The van der Waals surface area contributed by atoms with E-state index in [9.17, 15) is 14.7 Å². The Kier molecular flexibility index (Phi) is 6.73. The van der Waals surface area contributed by atoms with Crippen molar-refractivity contribution in [2.24, 2.45) is 0 Å². The fourth-order valence-electron chi connectivity index (χ4n) is 2.94. The smallest absolute Gasteiger partial charge is 0.260 e. The topological polar surface area (TPSA) is 79.3 Å². The lowest BCUT2D eigenvalue weighted by Crippen LogP contribution is -2.51. The molecule has 0 saturated carbocycles. The largest absolute Gasteiger partial charge is 0.504 e. The van der Waals surface area contributed by atoms with Crippen LogP contribution >= 0.6 is 0 Å². The zero-order chi connectivity index (χ0) is 19.8. The third-order valence-corrected chi connectivity index (χ3v) is 4.53. The second-order valence-electron chi connectivity index (χ2n) is 6.43. The number of phenols is 1. The van der Waals surface area contributed by atoms with E-state index >= 15 is 0 Å². The van der Waals surface area contributed by atoms with Crippen LogP contribution in [-0.4, -0.2) is 66.1 Å². The maximum absolute atomic E-state index is 12.3. The van der Waals surface area contributed by atoms with Gasteiger partial charge in [0.1, 0.15) is 5.75 Å². The highest BCUT2D eigenvalue weighted by Crippen LogP contribution is 2.24. The third kappa shape index (κ3) is 5.39. The molecule has 1 aliphatic rings. The van der Waals surface area contributed by atoms with Gasteiger partial charge in [-0.1, -0.05) is 30.3 Å². The molecule has 28 heavy (non-hydrogen) atoms. The monoisotopic (exact) mass is 384 g/mol. The van der Waals surface area contributed by atoms with Gasteiger partial charge in [-0.05, 0) is 24.3 Å². The van der Waals surface area contributed by atoms with E-state index < -0.39 is 0 Å². The Morgan fingerprint density at radius 3 is 2.11 bits per heavy atom. The first-order chi connectivity index (χ1) is 13.6.